The van der Waals surface area contributed by atoms with Gasteiger partial charge in [-0.25, -0.2) is 4.39 Å². The smallest absolute Gasteiger partial charge is 0.165 e. The van der Waals surface area contributed by atoms with Crippen LogP contribution in [0.1, 0.15) is 38.9 Å². The lowest BCUT2D eigenvalue weighted by Crippen LogP contribution is -2.11. The Kier molecular flexibility index (Phi) is 3.92. The molecule has 0 amide bonds. The summed E-state index contributed by atoms with van der Waals surface area (Å²) in [5, 5.41) is 9.94. The van der Waals surface area contributed by atoms with Gasteiger partial charge in [-0.2, -0.15) is 0 Å². The number of hydrogen-bond donors (Lipinski definition) is 1. The molecular formula is C13H19FO2. The summed E-state index contributed by atoms with van der Waals surface area (Å²) in [6, 6.07) is 4.56. The summed E-state index contributed by atoms with van der Waals surface area (Å²) in [4.78, 5) is 0. The molecular weight excluding hydrogens is 207 g/mol. The van der Waals surface area contributed by atoms with Crippen molar-refractivity contribution in [1.82, 2.24) is 0 Å². The van der Waals surface area contributed by atoms with Crippen molar-refractivity contribution in [3.63, 3.8) is 0 Å². The highest BCUT2D eigenvalue weighted by molar-refractivity contribution is 5.30. The molecule has 0 aliphatic carbocycles. The van der Waals surface area contributed by atoms with Gasteiger partial charge in [-0.15, -0.1) is 0 Å². The highest BCUT2D eigenvalue weighted by Crippen LogP contribution is 2.30. The van der Waals surface area contributed by atoms with Crippen LogP contribution in [0.5, 0.6) is 5.75 Å². The van der Waals surface area contributed by atoms with E-state index in [9.17, 15) is 9.50 Å². The molecule has 0 aromatic heterocycles. The van der Waals surface area contributed by atoms with Gasteiger partial charge in [-0.05, 0) is 29.5 Å². The predicted molar refractivity (Wildman–Crippen MR) is 62.0 cm³/mol. The molecule has 1 atom stereocenters. The van der Waals surface area contributed by atoms with Crippen LogP contribution < -0.4 is 4.74 Å². The molecule has 1 aromatic rings. The fourth-order valence-corrected chi connectivity index (χ4v) is 1.59. The summed E-state index contributed by atoms with van der Waals surface area (Å²) in [6.07, 6.45) is -0.0425. The first kappa shape index (κ1) is 13.0. The first-order valence-corrected chi connectivity index (χ1v) is 5.35. The van der Waals surface area contributed by atoms with E-state index in [2.05, 4.69) is 0 Å². The van der Waals surface area contributed by atoms with Gasteiger partial charge in [0.2, 0.25) is 0 Å². The standard InChI is InChI=1S/C13H19FO2/c1-13(2,3)8-11(15)9-5-6-12(16-4)10(14)7-9/h5-7,11,15H,8H2,1-4H3. The lowest BCUT2D eigenvalue weighted by molar-refractivity contribution is 0.122. The molecule has 3 heteroatoms. The third kappa shape index (κ3) is 3.49. The van der Waals surface area contributed by atoms with Crippen LogP contribution in [0.4, 0.5) is 4.39 Å². The Morgan fingerprint density at radius 1 is 1.38 bits per heavy atom. The summed E-state index contributed by atoms with van der Waals surface area (Å²) in [5.41, 5.74) is 0.601. The fourth-order valence-electron chi connectivity index (χ4n) is 1.59. The Morgan fingerprint density at radius 3 is 2.44 bits per heavy atom. The van der Waals surface area contributed by atoms with Crippen molar-refractivity contribution in [1.29, 1.82) is 0 Å². The number of ether oxygens (including phenoxy) is 1. The van der Waals surface area contributed by atoms with E-state index < -0.39 is 11.9 Å². The molecule has 1 aromatic carbocycles. The molecule has 2 nitrogen and oxygen atoms in total. The SMILES string of the molecule is COc1ccc(C(O)CC(C)(C)C)cc1F. The second-order valence-corrected chi connectivity index (χ2v) is 5.17. The Bertz CT molecular complexity index is 355. The highest BCUT2D eigenvalue weighted by atomic mass is 19.1. The van der Waals surface area contributed by atoms with Crippen molar-refractivity contribution >= 4 is 0 Å². The molecule has 1 rings (SSSR count). The van der Waals surface area contributed by atoms with Crippen LogP contribution in [0.25, 0.3) is 0 Å². The summed E-state index contributed by atoms with van der Waals surface area (Å²) < 4.78 is 18.2. The zero-order valence-electron chi connectivity index (χ0n) is 10.2. The maximum atomic E-state index is 13.4. The maximum absolute atomic E-state index is 13.4. The molecule has 0 fully saturated rings. The molecule has 16 heavy (non-hydrogen) atoms. The first-order chi connectivity index (χ1) is 7.33. The van der Waals surface area contributed by atoms with Crippen molar-refractivity contribution in [2.45, 2.75) is 33.3 Å². The van der Waals surface area contributed by atoms with Gasteiger partial charge >= 0.3 is 0 Å². The van der Waals surface area contributed by atoms with Gasteiger partial charge in [0.1, 0.15) is 0 Å². The number of aliphatic hydroxyl groups excluding tert-OH is 1. The topological polar surface area (TPSA) is 29.5 Å². The molecule has 1 N–H and O–H groups in total. The lowest BCUT2D eigenvalue weighted by atomic mass is 9.87. The van der Waals surface area contributed by atoms with Crippen molar-refractivity contribution < 1.29 is 14.2 Å². The molecule has 0 radical (unpaired) electrons. The van der Waals surface area contributed by atoms with E-state index in [0.29, 0.717) is 12.0 Å². The molecule has 0 bridgehead atoms. The van der Waals surface area contributed by atoms with Crippen LogP contribution in [-0.4, -0.2) is 12.2 Å². The first-order valence-electron chi connectivity index (χ1n) is 5.35. The fraction of sp³-hybridized carbons (Fsp3) is 0.538. The monoisotopic (exact) mass is 226 g/mol. The zero-order valence-corrected chi connectivity index (χ0v) is 10.2. The second kappa shape index (κ2) is 4.83. The van der Waals surface area contributed by atoms with Crippen LogP contribution >= 0.6 is 0 Å². The summed E-state index contributed by atoms with van der Waals surface area (Å²) in [5.74, 6) is -0.236. The van der Waals surface area contributed by atoms with Crippen LogP contribution in [0, 0.1) is 11.2 Å². The molecule has 0 spiro atoms. The second-order valence-electron chi connectivity index (χ2n) is 5.17. The predicted octanol–water partition coefficient (Wildman–Crippen LogP) is 3.30. The van der Waals surface area contributed by atoms with Gasteiger partial charge in [-0.1, -0.05) is 26.8 Å². The molecule has 0 heterocycles. The van der Waals surface area contributed by atoms with Crippen LogP contribution in [0.3, 0.4) is 0 Å². The molecule has 90 valence electrons. The third-order valence-corrected chi connectivity index (χ3v) is 2.37. The van der Waals surface area contributed by atoms with E-state index in [0.717, 1.165) is 0 Å². The molecule has 0 saturated heterocycles. The summed E-state index contributed by atoms with van der Waals surface area (Å²) in [6.45, 7) is 6.11. The van der Waals surface area contributed by atoms with Crippen LogP contribution in [-0.2, 0) is 0 Å². The van der Waals surface area contributed by atoms with E-state index in [1.807, 2.05) is 20.8 Å². The van der Waals surface area contributed by atoms with Gasteiger partial charge in [0, 0.05) is 0 Å². The molecule has 1 unspecified atom stereocenters. The molecule has 0 aliphatic rings. The van der Waals surface area contributed by atoms with Gasteiger partial charge in [0.25, 0.3) is 0 Å². The minimum absolute atomic E-state index is 0.00974. The number of methoxy groups -OCH3 is 1. The normalized spacial score (nSPS) is 13.6. The molecule has 0 saturated carbocycles. The molecule has 0 aliphatic heterocycles. The maximum Gasteiger partial charge on any atom is 0.165 e. The van der Waals surface area contributed by atoms with Gasteiger partial charge in [-0.3, -0.25) is 0 Å². The summed E-state index contributed by atoms with van der Waals surface area (Å²) in [7, 11) is 1.42. The number of aliphatic hydroxyl groups is 1. The van der Waals surface area contributed by atoms with Crippen molar-refractivity contribution in [2.24, 2.45) is 5.41 Å². The largest absolute Gasteiger partial charge is 0.494 e. The van der Waals surface area contributed by atoms with Crippen molar-refractivity contribution in [3.8, 4) is 5.75 Å². The number of benzene rings is 1. The Labute approximate surface area is 96.1 Å². The highest BCUT2D eigenvalue weighted by Gasteiger charge is 2.19. The van der Waals surface area contributed by atoms with Gasteiger partial charge in [0.15, 0.2) is 11.6 Å². The average Bonchev–Trinajstić information content (AvgIpc) is 2.15. The van der Waals surface area contributed by atoms with Crippen molar-refractivity contribution in [2.75, 3.05) is 7.11 Å². The minimum atomic E-state index is -0.639. The van der Waals surface area contributed by atoms with E-state index in [1.165, 1.54) is 19.2 Å². The van der Waals surface area contributed by atoms with E-state index in [4.69, 9.17) is 4.74 Å². The number of rotatable bonds is 3. The van der Waals surface area contributed by atoms with Crippen molar-refractivity contribution in [3.05, 3.63) is 29.6 Å². The van der Waals surface area contributed by atoms with E-state index >= 15 is 0 Å². The van der Waals surface area contributed by atoms with Crippen LogP contribution in [0.15, 0.2) is 18.2 Å². The van der Waals surface area contributed by atoms with E-state index in [1.54, 1.807) is 6.07 Å². The quantitative estimate of drug-likeness (QED) is 0.856. The zero-order chi connectivity index (χ0) is 12.3. The third-order valence-electron chi connectivity index (χ3n) is 2.37. The number of hydrogen-bond acceptors (Lipinski definition) is 2. The van der Waals surface area contributed by atoms with Gasteiger partial charge < -0.3 is 9.84 Å². The summed E-state index contributed by atoms with van der Waals surface area (Å²) >= 11 is 0. The Morgan fingerprint density at radius 2 is 2.00 bits per heavy atom. The number of halogens is 1. The lowest BCUT2D eigenvalue weighted by Gasteiger charge is -2.22. The average molecular weight is 226 g/mol. The Balaban J connectivity index is 2.85. The van der Waals surface area contributed by atoms with Gasteiger partial charge in [0.05, 0.1) is 13.2 Å². The minimum Gasteiger partial charge on any atom is -0.494 e. The van der Waals surface area contributed by atoms with E-state index in [-0.39, 0.29) is 11.2 Å². The van der Waals surface area contributed by atoms with Crippen LogP contribution in [0.2, 0.25) is 0 Å². The Hall–Kier alpha value is -1.09.